The maximum atomic E-state index is 11.7. The zero-order valence-corrected chi connectivity index (χ0v) is 13.6. The molecule has 0 aromatic heterocycles. The summed E-state index contributed by atoms with van der Waals surface area (Å²) in [6.07, 6.45) is 6.92. The van der Waals surface area contributed by atoms with Crippen LogP contribution < -0.4 is 0 Å². The summed E-state index contributed by atoms with van der Waals surface area (Å²) in [5.41, 5.74) is 0. The fourth-order valence-electron chi connectivity index (χ4n) is 5.10. The van der Waals surface area contributed by atoms with Gasteiger partial charge >= 0.3 is 23.9 Å². The molecule has 0 radical (unpaired) electrons. The molecule has 2 heterocycles. The van der Waals surface area contributed by atoms with Gasteiger partial charge in [0.1, 0.15) is 0 Å². The van der Waals surface area contributed by atoms with Gasteiger partial charge < -0.3 is 9.47 Å². The van der Waals surface area contributed by atoms with E-state index in [1.165, 1.54) is 0 Å². The molecule has 0 aromatic carbocycles. The van der Waals surface area contributed by atoms with E-state index in [-0.39, 0.29) is 47.5 Å². The Morgan fingerprint density at radius 1 is 0.583 bits per heavy atom. The van der Waals surface area contributed by atoms with Gasteiger partial charge in [-0.05, 0) is 50.4 Å². The van der Waals surface area contributed by atoms with E-state index in [2.05, 4.69) is 0 Å². The molecule has 2 aliphatic heterocycles. The lowest BCUT2D eigenvalue weighted by Crippen LogP contribution is -2.29. The van der Waals surface area contributed by atoms with Crippen LogP contribution in [0.3, 0.4) is 0 Å². The van der Waals surface area contributed by atoms with Gasteiger partial charge in [-0.25, -0.2) is 0 Å². The van der Waals surface area contributed by atoms with E-state index in [9.17, 15) is 19.2 Å². The first kappa shape index (κ1) is 15.8. The van der Waals surface area contributed by atoms with E-state index in [0.29, 0.717) is 11.8 Å². The van der Waals surface area contributed by atoms with E-state index in [0.717, 1.165) is 51.4 Å². The standard InChI is InChI=1S/C18H22O6/c19-15-11-5-3-9(7-13(11)17(21)23-15)1-2-10-4-6-12-14(8-10)18(22)24-16(12)20/h9-14H,1-8H2. The molecule has 4 rings (SSSR count). The van der Waals surface area contributed by atoms with E-state index >= 15 is 0 Å². The first-order valence-electron chi connectivity index (χ1n) is 9.04. The average molecular weight is 334 g/mol. The molecule has 4 fully saturated rings. The molecular weight excluding hydrogens is 312 g/mol. The molecule has 0 bridgehead atoms. The van der Waals surface area contributed by atoms with Crippen molar-refractivity contribution in [3.05, 3.63) is 0 Å². The molecule has 6 unspecified atom stereocenters. The van der Waals surface area contributed by atoms with Crippen molar-refractivity contribution in [3.63, 3.8) is 0 Å². The second kappa shape index (κ2) is 5.97. The van der Waals surface area contributed by atoms with Gasteiger partial charge in [0.05, 0.1) is 23.7 Å². The summed E-state index contributed by atoms with van der Waals surface area (Å²) in [5, 5.41) is 0. The Morgan fingerprint density at radius 3 is 1.38 bits per heavy atom. The van der Waals surface area contributed by atoms with Gasteiger partial charge in [0, 0.05) is 0 Å². The summed E-state index contributed by atoms with van der Waals surface area (Å²) in [5.74, 6) is -1.41. The molecule has 2 saturated carbocycles. The lowest BCUT2D eigenvalue weighted by atomic mass is 9.70. The summed E-state index contributed by atoms with van der Waals surface area (Å²) in [6, 6.07) is 0. The molecule has 0 aromatic rings. The van der Waals surface area contributed by atoms with Gasteiger partial charge in [0.25, 0.3) is 0 Å². The topological polar surface area (TPSA) is 86.7 Å². The molecule has 0 N–H and O–H groups in total. The smallest absolute Gasteiger partial charge is 0.317 e. The third-order valence-electron chi connectivity index (χ3n) is 6.51. The SMILES string of the molecule is O=C1OC(=O)C2CC(CCC3CCC4C(=O)OC(=O)C4C3)CCC12. The molecule has 0 amide bonds. The number of ether oxygens (including phenoxy) is 2. The summed E-state index contributed by atoms with van der Waals surface area (Å²) >= 11 is 0. The number of carbonyl (C=O) groups is 4. The number of hydrogen-bond donors (Lipinski definition) is 0. The molecule has 2 aliphatic carbocycles. The highest BCUT2D eigenvalue weighted by molar-refractivity contribution is 5.97. The minimum Gasteiger partial charge on any atom is -0.393 e. The summed E-state index contributed by atoms with van der Waals surface area (Å²) < 4.78 is 9.52. The Morgan fingerprint density at radius 2 is 0.958 bits per heavy atom. The van der Waals surface area contributed by atoms with Gasteiger partial charge in [0.15, 0.2) is 0 Å². The molecule has 2 saturated heterocycles. The lowest BCUT2D eigenvalue weighted by Gasteiger charge is -2.31. The van der Waals surface area contributed by atoms with Crippen molar-refractivity contribution in [2.24, 2.45) is 35.5 Å². The number of carbonyl (C=O) groups excluding carboxylic acids is 4. The number of esters is 4. The Hall–Kier alpha value is -1.72. The highest BCUT2D eigenvalue weighted by Gasteiger charge is 2.49. The summed E-state index contributed by atoms with van der Waals surface area (Å²) in [7, 11) is 0. The van der Waals surface area contributed by atoms with Crippen molar-refractivity contribution >= 4 is 23.9 Å². The lowest BCUT2D eigenvalue weighted by molar-refractivity contribution is -0.155. The normalized spacial score (nSPS) is 41.7. The van der Waals surface area contributed by atoms with Crippen LogP contribution in [-0.4, -0.2) is 23.9 Å². The minimum atomic E-state index is -0.345. The largest absolute Gasteiger partial charge is 0.393 e. The van der Waals surface area contributed by atoms with Gasteiger partial charge in [-0.1, -0.05) is 12.8 Å². The fraction of sp³-hybridized carbons (Fsp3) is 0.778. The average Bonchev–Trinajstić information content (AvgIpc) is 3.02. The third-order valence-corrected chi connectivity index (χ3v) is 6.51. The van der Waals surface area contributed by atoms with Crippen molar-refractivity contribution in [1.82, 2.24) is 0 Å². The molecule has 4 aliphatic rings. The van der Waals surface area contributed by atoms with Crippen LogP contribution in [0.2, 0.25) is 0 Å². The number of rotatable bonds is 3. The zero-order valence-electron chi connectivity index (χ0n) is 13.6. The van der Waals surface area contributed by atoms with E-state index in [4.69, 9.17) is 9.47 Å². The van der Waals surface area contributed by atoms with Crippen LogP contribution in [0.25, 0.3) is 0 Å². The van der Waals surface area contributed by atoms with Gasteiger partial charge in [0.2, 0.25) is 0 Å². The van der Waals surface area contributed by atoms with Crippen LogP contribution >= 0.6 is 0 Å². The minimum absolute atomic E-state index is 0.219. The predicted octanol–water partition coefficient (Wildman–Crippen LogP) is 2.00. The molecule has 24 heavy (non-hydrogen) atoms. The quantitative estimate of drug-likeness (QED) is 0.579. The zero-order chi connectivity index (χ0) is 16.8. The van der Waals surface area contributed by atoms with Crippen LogP contribution in [0.1, 0.15) is 51.4 Å². The third kappa shape index (κ3) is 2.66. The van der Waals surface area contributed by atoms with E-state index in [1.807, 2.05) is 0 Å². The molecule has 6 nitrogen and oxygen atoms in total. The Balaban J connectivity index is 1.29. The number of cyclic esters (lactones) is 4. The van der Waals surface area contributed by atoms with Crippen molar-refractivity contribution in [2.75, 3.05) is 0 Å². The molecular formula is C18H22O6. The maximum Gasteiger partial charge on any atom is 0.317 e. The van der Waals surface area contributed by atoms with Crippen molar-refractivity contribution in [2.45, 2.75) is 51.4 Å². The van der Waals surface area contributed by atoms with Crippen molar-refractivity contribution < 1.29 is 28.7 Å². The van der Waals surface area contributed by atoms with Crippen LogP contribution in [0.5, 0.6) is 0 Å². The molecule has 6 heteroatoms. The Bertz CT molecular complexity index is 544. The molecule has 130 valence electrons. The summed E-state index contributed by atoms with van der Waals surface area (Å²) in [6.45, 7) is 0. The second-order valence-electron chi connectivity index (χ2n) is 7.84. The second-order valence-corrected chi connectivity index (χ2v) is 7.84. The van der Waals surface area contributed by atoms with E-state index in [1.54, 1.807) is 0 Å². The summed E-state index contributed by atoms with van der Waals surface area (Å²) in [4.78, 5) is 46.6. The van der Waals surface area contributed by atoms with Crippen LogP contribution in [0, 0.1) is 35.5 Å². The highest BCUT2D eigenvalue weighted by atomic mass is 16.6. The number of hydrogen-bond acceptors (Lipinski definition) is 6. The van der Waals surface area contributed by atoms with Crippen LogP contribution in [0.4, 0.5) is 0 Å². The number of fused-ring (bicyclic) bond motifs is 2. The van der Waals surface area contributed by atoms with Gasteiger partial charge in [-0.3, -0.25) is 19.2 Å². The van der Waals surface area contributed by atoms with Crippen LogP contribution in [0.15, 0.2) is 0 Å². The van der Waals surface area contributed by atoms with Crippen LogP contribution in [-0.2, 0) is 28.7 Å². The van der Waals surface area contributed by atoms with Crippen molar-refractivity contribution in [3.8, 4) is 0 Å². The molecule has 0 spiro atoms. The fourth-order valence-corrected chi connectivity index (χ4v) is 5.10. The Kier molecular flexibility index (Phi) is 3.93. The van der Waals surface area contributed by atoms with Gasteiger partial charge in [-0.15, -0.1) is 0 Å². The Labute approximate surface area is 140 Å². The molecule has 6 atom stereocenters. The van der Waals surface area contributed by atoms with E-state index < -0.39 is 0 Å². The van der Waals surface area contributed by atoms with Gasteiger partial charge in [-0.2, -0.15) is 0 Å². The monoisotopic (exact) mass is 334 g/mol. The van der Waals surface area contributed by atoms with Crippen molar-refractivity contribution in [1.29, 1.82) is 0 Å². The predicted molar refractivity (Wildman–Crippen MR) is 80.1 cm³/mol. The first-order chi connectivity index (χ1) is 11.5. The highest BCUT2D eigenvalue weighted by Crippen LogP contribution is 2.44. The maximum absolute atomic E-state index is 11.7. The first-order valence-corrected chi connectivity index (χ1v) is 9.04.